The molecule has 1 aromatic heterocycles. The molecule has 0 saturated carbocycles. The molecular weight excluding hydrogens is 436 g/mol. The fourth-order valence-electron chi connectivity index (χ4n) is 3.17. The number of nitrogens with zero attached hydrogens (tertiary/aromatic N) is 2. The van der Waals surface area contributed by atoms with Crippen LogP contribution in [-0.4, -0.2) is 48.6 Å². The molecule has 0 saturated heterocycles. The monoisotopic (exact) mass is 476 g/mol. The summed E-state index contributed by atoms with van der Waals surface area (Å²) in [5.74, 6) is 0.769. The van der Waals surface area contributed by atoms with Gasteiger partial charge in [-0.15, -0.1) is 0 Å². The lowest BCUT2D eigenvalue weighted by molar-refractivity contribution is -0.116. The number of pyridine rings is 1. The molecule has 2 rings (SSSR count). The molecule has 0 radical (unpaired) electrons. The summed E-state index contributed by atoms with van der Waals surface area (Å²) in [5.41, 5.74) is 3.12. The van der Waals surface area contributed by atoms with Crippen molar-refractivity contribution >= 4 is 28.9 Å². The summed E-state index contributed by atoms with van der Waals surface area (Å²) in [7, 11) is 0. The van der Waals surface area contributed by atoms with Crippen LogP contribution in [0.15, 0.2) is 30.3 Å². The first-order valence-corrected chi connectivity index (χ1v) is 12.4. The number of rotatable bonds is 12. The quantitative estimate of drug-likeness (QED) is 0.277. The van der Waals surface area contributed by atoms with Crippen molar-refractivity contribution < 1.29 is 9.53 Å². The maximum absolute atomic E-state index is 12.1. The standard InChI is InChI=1S/C20H26ClN3O2.C6H15N/c1-4-5-11-17(25)24-19-18(14(2)15(3)23-20(19)21)22-12-13-26-16-9-7-6-8-10-16;1-4-7(5-2)6-3/h6-10H,4-5,11-13H2,1-3H3,(H,22,23)(H,24,25);4-6H2,1-3H3. The third-order valence-electron chi connectivity index (χ3n) is 5.42. The Balaban J connectivity index is 0.000000675. The van der Waals surface area contributed by atoms with Crippen LogP contribution in [0.5, 0.6) is 5.75 Å². The minimum atomic E-state index is -0.0533. The molecule has 0 unspecified atom stereocenters. The van der Waals surface area contributed by atoms with E-state index < -0.39 is 0 Å². The van der Waals surface area contributed by atoms with E-state index in [0.717, 1.165) is 35.5 Å². The number of para-hydroxylation sites is 1. The number of benzene rings is 1. The number of halogens is 1. The Labute approximate surface area is 205 Å². The molecule has 0 aliphatic rings. The fourth-order valence-corrected chi connectivity index (χ4v) is 3.43. The van der Waals surface area contributed by atoms with Crippen molar-refractivity contribution in [3.8, 4) is 5.75 Å². The van der Waals surface area contributed by atoms with Gasteiger partial charge >= 0.3 is 0 Å². The molecule has 1 heterocycles. The predicted molar refractivity (Wildman–Crippen MR) is 141 cm³/mol. The van der Waals surface area contributed by atoms with Gasteiger partial charge < -0.3 is 20.3 Å². The van der Waals surface area contributed by atoms with Gasteiger partial charge in [0.25, 0.3) is 0 Å². The number of aromatic nitrogens is 1. The Morgan fingerprint density at radius 1 is 1.03 bits per heavy atom. The Morgan fingerprint density at radius 3 is 2.21 bits per heavy atom. The number of ether oxygens (including phenoxy) is 1. The van der Waals surface area contributed by atoms with Crippen LogP contribution in [0.2, 0.25) is 5.15 Å². The van der Waals surface area contributed by atoms with Gasteiger partial charge in [0.05, 0.1) is 5.69 Å². The maximum Gasteiger partial charge on any atom is 0.224 e. The van der Waals surface area contributed by atoms with Crippen molar-refractivity contribution in [1.82, 2.24) is 9.88 Å². The average Bonchev–Trinajstić information content (AvgIpc) is 2.82. The van der Waals surface area contributed by atoms with E-state index in [4.69, 9.17) is 16.3 Å². The van der Waals surface area contributed by atoms with Gasteiger partial charge in [-0.25, -0.2) is 4.98 Å². The molecule has 0 atom stereocenters. The summed E-state index contributed by atoms with van der Waals surface area (Å²) in [6.07, 6.45) is 2.28. The normalized spacial score (nSPS) is 10.4. The smallest absolute Gasteiger partial charge is 0.224 e. The molecule has 0 spiro atoms. The lowest BCUT2D eigenvalue weighted by Crippen LogP contribution is -2.21. The van der Waals surface area contributed by atoms with E-state index in [1.807, 2.05) is 44.2 Å². The molecule has 1 aromatic carbocycles. The van der Waals surface area contributed by atoms with Gasteiger partial charge in [-0.05, 0) is 57.6 Å². The van der Waals surface area contributed by atoms with Gasteiger partial charge in [-0.1, -0.05) is 63.9 Å². The minimum absolute atomic E-state index is 0.0533. The lowest BCUT2D eigenvalue weighted by Gasteiger charge is -2.18. The van der Waals surface area contributed by atoms with Crippen molar-refractivity contribution in [2.24, 2.45) is 0 Å². The maximum atomic E-state index is 12.1. The molecule has 2 aromatic rings. The van der Waals surface area contributed by atoms with Crippen molar-refractivity contribution in [2.45, 2.75) is 60.8 Å². The number of hydrogen-bond donors (Lipinski definition) is 2. The molecule has 0 fully saturated rings. The van der Waals surface area contributed by atoms with Crippen LogP contribution in [0.4, 0.5) is 11.4 Å². The molecular formula is C26H41ClN4O2. The molecule has 7 heteroatoms. The molecule has 0 aliphatic heterocycles. The lowest BCUT2D eigenvalue weighted by atomic mass is 10.1. The zero-order valence-electron chi connectivity index (χ0n) is 21.1. The van der Waals surface area contributed by atoms with Crippen LogP contribution in [-0.2, 0) is 4.79 Å². The minimum Gasteiger partial charge on any atom is -0.492 e. The third kappa shape index (κ3) is 10.4. The van der Waals surface area contributed by atoms with Crippen molar-refractivity contribution in [3.05, 3.63) is 46.7 Å². The second-order valence-electron chi connectivity index (χ2n) is 7.72. The van der Waals surface area contributed by atoms with Gasteiger partial charge in [0, 0.05) is 18.7 Å². The van der Waals surface area contributed by atoms with Gasteiger partial charge in [0.2, 0.25) is 5.91 Å². The van der Waals surface area contributed by atoms with Gasteiger partial charge in [-0.3, -0.25) is 4.79 Å². The summed E-state index contributed by atoms with van der Waals surface area (Å²) >= 11 is 6.30. The SMILES string of the molecule is CCCCC(=O)Nc1c(Cl)nc(C)c(C)c1NCCOc1ccccc1.CCN(CC)CC. The fraction of sp³-hybridized carbons (Fsp3) is 0.538. The Morgan fingerprint density at radius 2 is 1.67 bits per heavy atom. The highest BCUT2D eigenvalue weighted by molar-refractivity contribution is 6.33. The summed E-state index contributed by atoms with van der Waals surface area (Å²) in [4.78, 5) is 18.8. The van der Waals surface area contributed by atoms with E-state index >= 15 is 0 Å². The highest BCUT2D eigenvalue weighted by atomic mass is 35.5. The van der Waals surface area contributed by atoms with Gasteiger partial charge in [0.1, 0.15) is 18.0 Å². The van der Waals surface area contributed by atoms with Crippen LogP contribution in [0, 0.1) is 13.8 Å². The van der Waals surface area contributed by atoms with Crippen molar-refractivity contribution in [2.75, 3.05) is 43.4 Å². The number of unbranched alkanes of at least 4 members (excludes halogenated alkanes) is 1. The van der Waals surface area contributed by atoms with E-state index in [1.54, 1.807) is 0 Å². The molecule has 184 valence electrons. The van der Waals surface area contributed by atoms with Crippen LogP contribution < -0.4 is 15.4 Å². The van der Waals surface area contributed by atoms with Gasteiger partial charge in [0.15, 0.2) is 5.15 Å². The zero-order chi connectivity index (χ0) is 24.6. The average molecular weight is 477 g/mol. The van der Waals surface area contributed by atoms with E-state index in [0.29, 0.717) is 30.4 Å². The molecule has 2 N–H and O–H groups in total. The third-order valence-corrected chi connectivity index (χ3v) is 5.69. The van der Waals surface area contributed by atoms with E-state index in [2.05, 4.69) is 48.2 Å². The molecule has 0 aliphatic carbocycles. The predicted octanol–water partition coefficient (Wildman–Crippen LogP) is 6.32. The summed E-state index contributed by atoms with van der Waals surface area (Å²) < 4.78 is 5.70. The number of carbonyl (C=O) groups excluding carboxylic acids is 1. The molecule has 6 nitrogen and oxygen atoms in total. The summed E-state index contributed by atoms with van der Waals surface area (Å²) in [6, 6.07) is 9.64. The second-order valence-corrected chi connectivity index (χ2v) is 8.08. The van der Waals surface area contributed by atoms with E-state index in [9.17, 15) is 4.79 Å². The first-order chi connectivity index (χ1) is 15.9. The summed E-state index contributed by atoms with van der Waals surface area (Å²) in [5, 5.41) is 6.53. The first kappa shape index (κ1) is 28.7. The second kappa shape index (κ2) is 16.3. The van der Waals surface area contributed by atoms with Crippen LogP contribution in [0.25, 0.3) is 0 Å². The number of anilines is 2. The van der Waals surface area contributed by atoms with Crippen LogP contribution in [0.1, 0.15) is 58.2 Å². The number of hydrogen-bond acceptors (Lipinski definition) is 5. The molecule has 33 heavy (non-hydrogen) atoms. The highest BCUT2D eigenvalue weighted by Crippen LogP contribution is 2.33. The molecule has 1 amide bonds. The number of aryl methyl sites for hydroxylation is 1. The number of amides is 1. The number of carbonyl (C=O) groups is 1. The topological polar surface area (TPSA) is 66.5 Å². The highest BCUT2D eigenvalue weighted by Gasteiger charge is 2.16. The molecule has 0 bridgehead atoms. The zero-order valence-corrected chi connectivity index (χ0v) is 21.9. The van der Waals surface area contributed by atoms with Crippen LogP contribution in [0.3, 0.4) is 0 Å². The Hall–Kier alpha value is -2.31. The van der Waals surface area contributed by atoms with Crippen molar-refractivity contribution in [1.29, 1.82) is 0 Å². The summed E-state index contributed by atoms with van der Waals surface area (Å²) in [6.45, 7) is 17.1. The van der Waals surface area contributed by atoms with E-state index in [1.165, 1.54) is 19.6 Å². The number of nitrogens with one attached hydrogen (secondary N) is 2. The van der Waals surface area contributed by atoms with Crippen LogP contribution >= 0.6 is 11.6 Å². The van der Waals surface area contributed by atoms with Gasteiger partial charge in [-0.2, -0.15) is 0 Å². The Kier molecular flexibility index (Phi) is 14.2. The largest absolute Gasteiger partial charge is 0.492 e. The van der Waals surface area contributed by atoms with Crippen molar-refractivity contribution in [3.63, 3.8) is 0 Å². The Bertz CT molecular complexity index is 821. The first-order valence-electron chi connectivity index (χ1n) is 12.0. The van der Waals surface area contributed by atoms with E-state index in [-0.39, 0.29) is 5.91 Å².